The summed E-state index contributed by atoms with van der Waals surface area (Å²) in [5.41, 5.74) is 0. The van der Waals surface area contributed by atoms with Gasteiger partial charge in [-0.05, 0) is 13.8 Å². The van der Waals surface area contributed by atoms with Gasteiger partial charge in [-0.1, -0.05) is 0 Å². The number of hydrogen-bond acceptors (Lipinski definition) is 3. The fourth-order valence-corrected chi connectivity index (χ4v) is 1.84. The zero-order valence-corrected chi connectivity index (χ0v) is 11.5. The Kier molecular flexibility index (Phi) is 5.35. The summed E-state index contributed by atoms with van der Waals surface area (Å²) in [5.74, 6) is -0.168. The van der Waals surface area contributed by atoms with Gasteiger partial charge in [-0.25, -0.2) is 9.78 Å². The summed E-state index contributed by atoms with van der Waals surface area (Å²) in [6, 6.07) is -0.622. The first-order valence-corrected chi connectivity index (χ1v) is 6.18. The first-order chi connectivity index (χ1) is 8.95. The summed E-state index contributed by atoms with van der Waals surface area (Å²) in [4.78, 5) is 28.3. The summed E-state index contributed by atoms with van der Waals surface area (Å²) < 4.78 is 1.82. The van der Waals surface area contributed by atoms with Gasteiger partial charge in [0.05, 0.1) is 13.0 Å². The number of nitrogens with zero attached hydrogens (tertiary/aromatic N) is 3. The maximum absolute atomic E-state index is 12.0. The normalized spacial score (nSPS) is 11.9. The fraction of sp³-hybridized carbons (Fsp3) is 0.583. The van der Waals surface area contributed by atoms with Crippen molar-refractivity contribution in [2.75, 3.05) is 6.54 Å². The van der Waals surface area contributed by atoms with Crippen LogP contribution in [0.25, 0.3) is 0 Å². The van der Waals surface area contributed by atoms with Crippen LogP contribution >= 0.6 is 0 Å². The predicted molar refractivity (Wildman–Crippen MR) is 69.5 cm³/mol. The van der Waals surface area contributed by atoms with Crippen LogP contribution in [0.2, 0.25) is 0 Å². The van der Waals surface area contributed by atoms with Crippen LogP contribution in [-0.2, 0) is 18.4 Å². The molecular formula is C12H20N4O3. The molecule has 0 spiro atoms. The Bertz CT molecular complexity index is 444. The molecule has 7 nitrogen and oxygen atoms in total. The van der Waals surface area contributed by atoms with Crippen LogP contribution in [0.15, 0.2) is 12.4 Å². The Balaban J connectivity index is 2.54. The molecule has 0 bridgehead atoms. The van der Waals surface area contributed by atoms with Gasteiger partial charge in [-0.2, -0.15) is 0 Å². The quantitative estimate of drug-likeness (QED) is 0.799. The summed E-state index contributed by atoms with van der Waals surface area (Å²) in [5, 5.41) is 11.5. The highest BCUT2D eigenvalue weighted by Gasteiger charge is 2.20. The Morgan fingerprint density at radius 1 is 1.58 bits per heavy atom. The third-order valence-electron chi connectivity index (χ3n) is 2.92. The second-order valence-corrected chi connectivity index (χ2v) is 4.35. The maximum atomic E-state index is 12.0. The van der Waals surface area contributed by atoms with Crippen molar-refractivity contribution in [3.05, 3.63) is 18.2 Å². The average Bonchev–Trinajstić information content (AvgIpc) is 2.72. The zero-order chi connectivity index (χ0) is 14.4. The van der Waals surface area contributed by atoms with E-state index in [0.717, 1.165) is 5.82 Å². The number of imidazole rings is 1. The molecule has 2 N–H and O–H groups in total. The molecule has 1 heterocycles. The second-order valence-electron chi connectivity index (χ2n) is 4.35. The summed E-state index contributed by atoms with van der Waals surface area (Å²) in [6.07, 6.45) is 3.39. The molecule has 1 aromatic heterocycles. The van der Waals surface area contributed by atoms with Crippen molar-refractivity contribution < 1.29 is 14.7 Å². The number of aliphatic carboxylic acids is 1. The van der Waals surface area contributed by atoms with Crippen LogP contribution in [0, 0.1) is 0 Å². The number of urea groups is 1. The van der Waals surface area contributed by atoms with E-state index >= 15 is 0 Å². The Morgan fingerprint density at radius 3 is 2.74 bits per heavy atom. The van der Waals surface area contributed by atoms with E-state index < -0.39 is 5.97 Å². The van der Waals surface area contributed by atoms with E-state index in [2.05, 4.69) is 10.3 Å². The molecule has 0 aliphatic heterocycles. The lowest BCUT2D eigenvalue weighted by Gasteiger charge is -2.27. The van der Waals surface area contributed by atoms with Crippen molar-refractivity contribution in [3.8, 4) is 0 Å². The number of carboxylic acid groups (broad SMARTS) is 1. The van der Waals surface area contributed by atoms with Crippen LogP contribution < -0.4 is 5.32 Å². The Morgan fingerprint density at radius 2 is 2.26 bits per heavy atom. The largest absolute Gasteiger partial charge is 0.481 e. The summed E-state index contributed by atoms with van der Waals surface area (Å²) in [6.45, 7) is 4.32. The van der Waals surface area contributed by atoms with Crippen molar-refractivity contribution in [1.29, 1.82) is 0 Å². The van der Waals surface area contributed by atoms with Crippen LogP contribution in [0.3, 0.4) is 0 Å². The predicted octanol–water partition coefficient (Wildman–Crippen LogP) is 0.815. The van der Waals surface area contributed by atoms with E-state index in [1.165, 1.54) is 4.90 Å². The molecule has 1 aromatic rings. The lowest BCUT2D eigenvalue weighted by atomic mass is 10.2. The van der Waals surface area contributed by atoms with Gasteiger partial charge in [0.15, 0.2) is 0 Å². The number of hydrogen-bond donors (Lipinski definition) is 2. The van der Waals surface area contributed by atoms with Gasteiger partial charge in [0.2, 0.25) is 0 Å². The maximum Gasteiger partial charge on any atom is 0.318 e. The first kappa shape index (κ1) is 15.0. The van der Waals surface area contributed by atoms with E-state index in [-0.39, 0.29) is 18.5 Å². The molecule has 1 rings (SSSR count). The highest BCUT2D eigenvalue weighted by molar-refractivity contribution is 5.75. The summed E-state index contributed by atoms with van der Waals surface area (Å²) in [7, 11) is 1.85. The monoisotopic (exact) mass is 268 g/mol. The molecule has 0 aromatic carbocycles. The van der Waals surface area contributed by atoms with Gasteiger partial charge in [-0.15, -0.1) is 0 Å². The molecule has 19 heavy (non-hydrogen) atoms. The lowest BCUT2D eigenvalue weighted by molar-refractivity contribution is -0.138. The van der Waals surface area contributed by atoms with Crippen molar-refractivity contribution >= 4 is 12.0 Å². The standard InChI is InChI=1S/C12H20N4O3/c1-4-16(9(2)7-11(17)18)12(19)14-8-10-13-5-6-15(10)3/h5-6,9H,4,7-8H2,1-3H3,(H,14,19)(H,17,18). The Hall–Kier alpha value is -2.05. The van der Waals surface area contributed by atoms with E-state index in [4.69, 9.17) is 5.11 Å². The minimum atomic E-state index is -0.914. The number of aromatic nitrogens is 2. The smallest absolute Gasteiger partial charge is 0.318 e. The van der Waals surface area contributed by atoms with E-state index in [1.807, 2.05) is 18.5 Å². The Labute approximate surface area is 112 Å². The molecule has 1 unspecified atom stereocenters. The molecule has 1 atom stereocenters. The molecule has 2 amide bonds. The van der Waals surface area contributed by atoms with Gasteiger partial charge in [-0.3, -0.25) is 4.79 Å². The number of rotatable bonds is 6. The highest BCUT2D eigenvalue weighted by atomic mass is 16.4. The van der Waals surface area contributed by atoms with Gasteiger partial charge in [0, 0.05) is 32.0 Å². The van der Waals surface area contributed by atoms with Crippen LogP contribution in [0.1, 0.15) is 26.1 Å². The van der Waals surface area contributed by atoms with E-state index in [1.54, 1.807) is 19.3 Å². The number of aryl methyl sites for hydroxylation is 1. The molecule has 106 valence electrons. The lowest BCUT2D eigenvalue weighted by Crippen LogP contribution is -2.45. The van der Waals surface area contributed by atoms with Crippen molar-refractivity contribution in [3.63, 3.8) is 0 Å². The molecule has 0 aliphatic carbocycles. The van der Waals surface area contributed by atoms with Crippen molar-refractivity contribution in [2.24, 2.45) is 7.05 Å². The van der Waals surface area contributed by atoms with Gasteiger partial charge in [0.25, 0.3) is 0 Å². The topological polar surface area (TPSA) is 87.5 Å². The number of carbonyl (C=O) groups excluding carboxylic acids is 1. The van der Waals surface area contributed by atoms with Crippen LogP contribution in [-0.4, -0.2) is 44.1 Å². The third kappa shape index (κ3) is 4.27. The van der Waals surface area contributed by atoms with E-state index in [0.29, 0.717) is 13.1 Å². The number of amides is 2. The fourth-order valence-electron chi connectivity index (χ4n) is 1.84. The number of carbonyl (C=O) groups is 2. The summed E-state index contributed by atoms with van der Waals surface area (Å²) >= 11 is 0. The minimum absolute atomic E-state index is 0.0658. The highest BCUT2D eigenvalue weighted by Crippen LogP contribution is 2.04. The number of carboxylic acids is 1. The molecule has 0 fully saturated rings. The van der Waals surface area contributed by atoms with Crippen molar-refractivity contribution in [2.45, 2.75) is 32.9 Å². The minimum Gasteiger partial charge on any atom is -0.481 e. The van der Waals surface area contributed by atoms with Crippen molar-refractivity contribution in [1.82, 2.24) is 19.8 Å². The molecule has 7 heteroatoms. The number of nitrogens with one attached hydrogen (secondary N) is 1. The first-order valence-electron chi connectivity index (χ1n) is 6.18. The van der Waals surface area contributed by atoms with E-state index in [9.17, 15) is 9.59 Å². The molecule has 0 aliphatic rings. The van der Waals surface area contributed by atoms with Crippen LogP contribution in [0.5, 0.6) is 0 Å². The van der Waals surface area contributed by atoms with Gasteiger partial charge in [0.1, 0.15) is 5.82 Å². The van der Waals surface area contributed by atoms with Gasteiger partial charge >= 0.3 is 12.0 Å². The second kappa shape index (κ2) is 6.77. The van der Waals surface area contributed by atoms with Gasteiger partial charge < -0.3 is 19.9 Å². The molecule has 0 saturated carbocycles. The molecular weight excluding hydrogens is 248 g/mol. The molecule has 0 saturated heterocycles. The average molecular weight is 268 g/mol. The third-order valence-corrected chi connectivity index (χ3v) is 2.92. The zero-order valence-electron chi connectivity index (χ0n) is 11.5. The SMILES string of the molecule is CCN(C(=O)NCc1nccn1C)C(C)CC(=O)O. The molecule has 0 radical (unpaired) electrons. The van der Waals surface area contributed by atoms with Crippen LogP contribution in [0.4, 0.5) is 4.79 Å².